The Kier molecular flexibility index (Phi) is 3.80. The van der Waals surface area contributed by atoms with Gasteiger partial charge in [-0.25, -0.2) is 0 Å². The van der Waals surface area contributed by atoms with Gasteiger partial charge in [-0.05, 0) is 49.6 Å². The Labute approximate surface area is 113 Å². The minimum absolute atomic E-state index is 0.316. The van der Waals surface area contributed by atoms with Crippen LogP contribution in [0.2, 0.25) is 0 Å². The normalized spacial score (nSPS) is 28.9. The zero-order valence-electron chi connectivity index (χ0n) is 10.8. The summed E-state index contributed by atoms with van der Waals surface area (Å²) in [4.78, 5) is 15.6. The number of carbonyl (C=O) groups is 1. The lowest BCUT2D eigenvalue weighted by Crippen LogP contribution is -2.48. The molecule has 2 fully saturated rings. The van der Waals surface area contributed by atoms with Gasteiger partial charge in [0.05, 0.1) is 11.4 Å². The van der Waals surface area contributed by atoms with Gasteiger partial charge in [0.1, 0.15) is 0 Å². The first kappa shape index (κ1) is 12.4. The molecule has 2 aliphatic rings. The molecule has 18 heavy (non-hydrogen) atoms. The van der Waals surface area contributed by atoms with E-state index < -0.39 is 0 Å². The van der Waals surface area contributed by atoms with E-state index in [-0.39, 0.29) is 0 Å². The summed E-state index contributed by atoms with van der Waals surface area (Å²) in [5.74, 6) is 1.18. The van der Waals surface area contributed by atoms with Crippen LogP contribution in [-0.2, 0) is 0 Å². The summed E-state index contributed by atoms with van der Waals surface area (Å²) in [6.07, 6.45) is 8.10. The molecule has 0 radical (unpaired) electrons. The fourth-order valence-corrected chi connectivity index (χ4v) is 4.28. The van der Waals surface area contributed by atoms with Crippen molar-refractivity contribution in [3.8, 4) is 0 Å². The summed E-state index contributed by atoms with van der Waals surface area (Å²) in [5, 5.41) is 1.99. The molecular formula is C15H21NOS. The van der Waals surface area contributed by atoms with E-state index >= 15 is 0 Å². The van der Waals surface area contributed by atoms with Crippen LogP contribution in [0.4, 0.5) is 0 Å². The Morgan fingerprint density at radius 3 is 2.94 bits per heavy atom. The second-order valence-corrected chi connectivity index (χ2v) is 6.57. The molecule has 0 amide bonds. The Balaban J connectivity index is 1.66. The van der Waals surface area contributed by atoms with Gasteiger partial charge in [-0.1, -0.05) is 18.9 Å². The number of thiophene rings is 1. The van der Waals surface area contributed by atoms with Crippen molar-refractivity contribution in [3.63, 3.8) is 0 Å². The number of nitrogens with zero attached hydrogens (tertiary/aromatic N) is 1. The highest BCUT2D eigenvalue weighted by atomic mass is 32.1. The minimum Gasteiger partial charge on any atom is -0.293 e. The summed E-state index contributed by atoms with van der Waals surface area (Å²) < 4.78 is 0. The van der Waals surface area contributed by atoms with Crippen LogP contribution < -0.4 is 0 Å². The van der Waals surface area contributed by atoms with Crippen LogP contribution in [0.3, 0.4) is 0 Å². The molecule has 1 aromatic heterocycles. The molecule has 1 saturated heterocycles. The second kappa shape index (κ2) is 5.54. The van der Waals surface area contributed by atoms with Crippen molar-refractivity contribution < 1.29 is 4.79 Å². The maximum atomic E-state index is 12.2. The summed E-state index contributed by atoms with van der Waals surface area (Å²) >= 11 is 1.57. The zero-order valence-corrected chi connectivity index (χ0v) is 11.6. The largest absolute Gasteiger partial charge is 0.293 e. The number of ketones is 1. The molecule has 1 aliphatic heterocycles. The van der Waals surface area contributed by atoms with Gasteiger partial charge in [0, 0.05) is 6.04 Å². The van der Waals surface area contributed by atoms with Crippen LogP contribution in [-0.4, -0.2) is 29.8 Å². The first-order chi connectivity index (χ1) is 8.84. The molecule has 3 rings (SSSR count). The Morgan fingerprint density at radius 1 is 1.28 bits per heavy atom. The van der Waals surface area contributed by atoms with Crippen LogP contribution in [0.25, 0.3) is 0 Å². The van der Waals surface area contributed by atoms with E-state index in [1.807, 2.05) is 17.5 Å². The van der Waals surface area contributed by atoms with Crippen LogP contribution in [0.5, 0.6) is 0 Å². The average Bonchev–Trinajstić information content (AvgIpc) is 2.93. The Morgan fingerprint density at radius 2 is 2.11 bits per heavy atom. The fourth-order valence-electron chi connectivity index (χ4n) is 3.62. The number of fused-ring (bicyclic) bond motifs is 1. The molecule has 0 aromatic carbocycles. The summed E-state index contributed by atoms with van der Waals surface area (Å²) in [7, 11) is 0. The molecular weight excluding hydrogens is 242 g/mol. The SMILES string of the molecule is O=C(CN1CCC[C@H]2CCCC[C@H]21)c1cccs1. The Hall–Kier alpha value is -0.670. The van der Waals surface area contributed by atoms with Gasteiger partial charge >= 0.3 is 0 Å². The van der Waals surface area contributed by atoms with E-state index in [1.165, 1.54) is 38.5 Å². The number of hydrogen-bond donors (Lipinski definition) is 0. The lowest BCUT2D eigenvalue weighted by molar-refractivity contribution is 0.0541. The van der Waals surface area contributed by atoms with Gasteiger partial charge < -0.3 is 0 Å². The van der Waals surface area contributed by atoms with Crippen molar-refractivity contribution in [2.75, 3.05) is 13.1 Å². The first-order valence-electron chi connectivity index (χ1n) is 7.15. The monoisotopic (exact) mass is 263 g/mol. The standard InChI is InChI=1S/C15H21NOS/c17-14(15-8-4-10-18-15)11-16-9-3-6-12-5-1-2-7-13(12)16/h4,8,10,12-13H,1-3,5-7,9,11H2/t12-,13-/m1/s1. The summed E-state index contributed by atoms with van der Waals surface area (Å²) in [6, 6.07) is 4.61. The lowest BCUT2D eigenvalue weighted by Gasteiger charge is -2.43. The van der Waals surface area contributed by atoms with E-state index in [1.54, 1.807) is 11.3 Å². The molecule has 2 nitrogen and oxygen atoms in total. The molecule has 1 saturated carbocycles. The topological polar surface area (TPSA) is 20.3 Å². The second-order valence-electron chi connectivity index (χ2n) is 5.63. The van der Waals surface area contributed by atoms with Crippen molar-refractivity contribution >= 4 is 17.1 Å². The van der Waals surface area contributed by atoms with E-state index in [9.17, 15) is 4.79 Å². The smallest absolute Gasteiger partial charge is 0.186 e. The maximum absolute atomic E-state index is 12.2. The summed E-state index contributed by atoms with van der Waals surface area (Å²) in [6.45, 7) is 1.76. The lowest BCUT2D eigenvalue weighted by atomic mass is 9.78. The predicted octanol–water partition coefficient (Wildman–Crippen LogP) is 3.59. The van der Waals surface area contributed by atoms with E-state index in [0.29, 0.717) is 18.4 Å². The van der Waals surface area contributed by atoms with Crippen LogP contribution in [0.1, 0.15) is 48.2 Å². The number of carbonyl (C=O) groups excluding carboxylic acids is 1. The van der Waals surface area contributed by atoms with E-state index in [0.717, 1.165) is 17.3 Å². The molecule has 0 unspecified atom stereocenters. The van der Waals surface area contributed by atoms with Crippen LogP contribution >= 0.6 is 11.3 Å². The molecule has 0 bridgehead atoms. The van der Waals surface area contributed by atoms with Crippen LogP contribution in [0.15, 0.2) is 17.5 Å². The van der Waals surface area contributed by atoms with Crippen molar-refractivity contribution in [2.45, 2.75) is 44.6 Å². The van der Waals surface area contributed by atoms with Crippen molar-refractivity contribution in [1.29, 1.82) is 0 Å². The predicted molar refractivity (Wildman–Crippen MR) is 75.2 cm³/mol. The van der Waals surface area contributed by atoms with Crippen molar-refractivity contribution in [2.24, 2.45) is 5.92 Å². The highest BCUT2D eigenvalue weighted by molar-refractivity contribution is 7.12. The van der Waals surface area contributed by atoms with Crippen LogP contribution in [0, 0.1) is 5.92 Å². The van der Waals surface area contributed by atoms with Gasteiger partial charge in [-0.2, -0.15) is 0 Å². The molecule has 0 spiro atoms. The zero-order chi connectivity index (χ0) is 12.4. The van der Waals surface area contributed by atoms with Gasteiger partial charge in [-0.15, -0.1) is 11.3 Å². The average molecular weight is 263 g/mol. The number of rotatable bonds is 3. The van der Waals surface area contributed by atoms with Crippen molar-refractivity contribution in [1.82, 2.24) is 4.90 Å². The molecule has 3 heteroatoms. The third-order valence-electron chi connectivity index (χ3n) is 4.50. The molecule has 1 aliphatic carbocycles. The highest BCUT2D eigenvalue weighted by Crippen LogP contribution is 2.35. The molecule has 2 heterocycles. The number of hydrogen-bond acceptors (Lipinski definition) is 3. The number of Topliss-reactive ketones (excluding diaryl/α,β-unsaturated/α-hetero) is 1. The molecule has 0 N–H and O–H groups in total. The number of piperidine rings is 1. The van der Waals surface area contributed by atoms with Gasteiger partial charge in [0.25, 0.3) is 0 Å². The fraction of sp³-hybridized carbons (Fsp3) is 0.667. The highest BCUT2D eigenvalue weighted by Gasteiger charge is 2.33. The summed E-state index contributed by atoms with van der Waals surface area (Å²) in [5.41, 5.74) is 0. The quantitative estimate of drug-likeness (QED) is 0.777. The van der Waals surface area contributed by atoms with Gasteiger partial charge in [0.15, 0.2) is 5.78 Å². The van der Waals surface area contributed by atoms with Gasteiger partial charge in [0.2, 0.25) is 0 Å². The van der Waals surface area contributed by atoms with Gasteiger partial charge in [-0.3, -0.25) is 9.69 Å². The number of likely N-dealkylation sites (tertiary alicyclic amines) is 1. The third-order valence-corrected chi connectivity index (χ3v) is 5.41. The first-order valence-corrected chi connectivity index (χ1v) is 8.03. The molecule has 1 aromatic rings. The third kappa shape index (κ3) is 2.52. The maximum Gasteiger partial charge on any atom is 0.186 e. The Bertz CT molecular complexity index is 399. The van der Waals surface area contributed by atoms with E-state index in [2.05, 4.69) is 4.90 Å². The molecule has 98 valence electrons. The van der Waals surface area contributed by atoms with Crippen molar-refractivity contribution in [3.05, 3.63) is 22.4 Å². The van der Waals surface area contributed by atoms with E-state index in [4.69, 9.17) is 0 Å². The minimum atomic E-state index is 0.316. The molecule has 2 atom stereocenters.